The molecule has 7 heteroatoms. The Labute approximate surface area is 134 Å². The number of rotatable bonds is 8. The van der Waals surface area contributed by atoms with E-state index in [2.05, 4.69) is 22.1 Å². The van der Waals surface area contributed by atoms with Gasteiger partial charge in [-0.1, -0.05) is 24.8 Å². The predicted octanol–water partition coefficient (Wildman–Crippen LogP) is 2.65. The fourth-order valence-corrected chi connectivity index (χ4v) is 2.73. The van der Waals surface area contributed by atoms with E-state index in [1.165, 1.54) is 11.8 Å². The van der Waals surface area contributed by atoms with Crippen LogP contribution in [0.4, 0.5) is 0 Å². The Morgan fingerprint density at radius 2 is 2.36 bits per heavy atom. The highest BCUT2D eigenvalue weighted by atomic mass is 32.2. The number of amides is 1. The third-order valence-electron chi connectivity index (χ3n) is 3.03. The Kier molecular flexibility index (Phi) is 5.83. The number of carbonyl (C=O) groups is 1. The molecule has 0 aromatic carbocycles. The van der Waals surface area contributed by atoms with Crippen LogP contribution in [0.15, 0.2) is 34.6 Å². The summed E-state index contributed by atoms with van der Waals surface area (Å²) < 4.78 is 7.26. The number of hydrogen-bond acceptors (Lipinski definition) is 5. The van der Waals surface area contributed by atoms with Crippen molar-refractivity contribution in [2.45, 2.75) is 32.0 Å². The summed E-state index contributed by atoms with van der Waals surface area (Å²) in [7, 11) is 0. The molecule has 2 aromatic heterocycles. The molecule has 0 saturated heterocycles. The van der Waals surface area contributed by atoms with Crippen molar-refractivity contribution in [3.8, 4) is 11.4 Å². The van der Waals surface area contributed by atoms with Crippen molar-refractivity contribution in [2.24, 2.45) is 0 Å². The summed E-state index contributed by atoms with van der Waals surface area (Å²) in [5, 5.41) is 12.0. The molecule has 2 heterocycles. The molecule has 0 bridgehead atoms. The van der Waals surface area contributed by atoms with E-state index in [9.17, 15) is 4.79 Å². The number of nitrogens with one attached hydrogen (secondary N) is 1. The number of carbonyl (C=O) groups excluding carboxylic acids is 1. The van der Waals surface area contributed by atoms with Gasteiger partial charge < -0.3 is 9.73 Å². The fraction of sp³-hybridized carbons (Fsp3) is 0.400. The van der Waals surface area contributed by atoms with Gasteiger partial charge in [-0.05, 0) is 19.4 Å². The molecule has 118 valence electrons. The number of thioether (sulfide) groups is 1. The first kappa shape index (κ1) is 16.4. The van der Waals surface area contributed by atoms with Gasteiger partial charge in [0.2, 0.25) is 5.91 Å². The molecule has 2 aromatic rings. The zero-order valence-electron chi connectivity index (χ0n) is 12.8. The summed E-state index contributed by atoms with van der Waals surface area (Å²) in [5.41, 5.74) is 0.900. The number of nitrogens with zero attached hydrogens (tertiary/aromatic N) is 3. The van der Waals surface area contributed by atoms with Gasteiger partial charge >= 0.3 is 0 Å². The molecule has 0 aliphatic rings. The van der Waals surface area contributed by atoms with Crippen molar-refractivity contribution in [2.75, 3.05) is 12.3 Å². The first-order valence-electron chi connectivity index (χ1n) is 7.15. The standard InChI is InChI=1S/C15H20N4O2S/c1-4-7-16-13(20)10-22-15-18-17-14(19(15)8-5-2)12-6-9-21-11(12)3/h5-6,9H,2,4,7-8,10H2,1,3H3,(H,16,20). The molecule has 0 saturated carbocycles. The highest BCUT2D eigenvalue weighted by Gasteiger charge is 2.17. The van der Waals surface area contributed by atoms with Crippen LogP contribution in [0.1, 0.15) is 19.1 Å². The number of furan rings is 1. The van der Waals surface area contributed by atoms with Crippen LogP contribution in [0.5, 0.6) is 0 Å². The first-order valence-corrected chi connectivity index (χ1v) is 8.14. The summed E-state index contributed by atoms with van der Waals surface area (Å²) in [6, 6.07) is 1.86. The summed E-state index contributed by atoms with van der Waals surface area (Å²) in [5.74, 6) is 1.83. The van der Waals surface area contributed by atoms with E-state index in [1.807, 2.05) is 24.5 Å². The van der Waals surface area contributed by atoms with E-state index in [4.69, 9.17) is 4.42 Å². The lowest BCUT2D eigenvalue weighted by atomic mass is 10.2. The van der Waals surface area contributed by atoms with Crippen LogP contribution in [0, 0.1) is 6.92 Å². The average Bonchev–Trinajstić information content (AvgIpc) is 3.09. The molecule has 1 amide bonds. The van der Waals surface area contributed by atoms with Gasteiger partial charge in [-0.15, -0.1) is 16.8 Å². The SMILES string of the molecule is C=CCn1c(SCC(=O)NCCC)nnc1-c1ccoc1C. The van der Waals surface area contributed by atoms with Crippen molar-refractivity contribution in [3.63, 3.8) is 0 Å². The highest BCUT2D eigenvalue weighted by Crippen LogP contribution is 2.26. The van der Waals surface area contributed by atoms with Crippen LogP contribution in [0.2, 0.25) is 0 Å². The Hall–Kier alpha value is -2.02. The van der Waals surface area contributed by atoms with Gasteiger partial charge in [-0.3, -0.25) is 9.36 Å². The number of allylic oxidation sites excluding steroid dienone is 1. The van der Waals surface area contributed by atoms with Gasteiger partial charge in [0.15, 0.2) is 11.0 Å². The van der Waals surface area contributed by atoms with Crippen LogP contribution < -0.4 is 5.32 Å². The second-order valence-electron chi connectivity index (χ2n) is 4.73. The molecule has 2 rings (SSSR count). The van der Waals surface area contributed by atoms with Gasteiger partial charge in [0.25, 0.3) is 0 Å². The van der Waals surface area contributed by atoms with Crippen molar-refractivity contribution in [1.29, 1.82) is 0 Å². The minimum absolute atomic E-state index is 0.000967. The topological polar surface area (TPSA) is 73.0 Å². The molecular weight excluding hydrogens is 300 g/mol. The third kappa shape index (κ3) is 3.79. The third-order valence-corrected chi connectivity index (χ3v) is 4.00. The summed E-state index contributed by atoms with van der Waals surface area (Å²) in [6.45, 7) is 8.94. The van der Waals surface area contributed by atoms with E-state index in [0.717, 1.165) is 23.6 Å². The van der Waals surface area contributed by atoms with Crippen molar-refractivity contribution in [1.82, 2.24) is 20.1 Å². The van der Waals surface area contributed by atoms with Crippen LogP contribution >= 0.6 is 11.8 Å². The molecule has 0 atom stereocenters. The summed E-state index contributed by atoms with van der Waals surface area (Å²) >= 11 is 1.37. The molecule has 0 aliphatic carbocycles. The largest absolute Gasteiger partial charge is 0.469 e. The molecule has 0 radical (unpaired) electrons. The minimum atomic E-state index is 0.000967. The molecule has 1 N–H and O–H groups in total. The zero-order chi connectivity index (χ0) is 15.9. The number of aromatic nitrogens is 3. The molecule has 0 fully saturated rings. The Balaban J connectivity index is 2.15. The van der Waals surface area contributed by atoms with Crippen molar-refractivity contribution in [3.05, 3.63) is 30.7 Å². The fourth-order valence-electron chi connectivity index (χ4n) is 1.95. The van der Waals surface area contributed by atoms with E-state index in [1.54, 1.807) is 12.3 Å². The highest BCUT2D eigenvalue weighted by molar-refractivity contribution is 7.99. The maximum Gasteiger partial charge on any atom is 0.230 e. The van der Waals surface area contributed by atoms with E-state index in [-0.39, 0.29) is 5.91 Å². The molecule has 0 aliphatic heterocycles. The summed E-state index contributed by atoms with van der Waals surface area (Å²) in [6.07, 6.45) is 4.33. The number of hydrogen-bond donors (Lipinski definition) is 1. The second-order valence-corrected chi connectivity index (χ2v) is 5.68. The molecular formula is C15H20N4O2S. The van der Waals surface area contributed by atoms with E-state index in [0.29, 0.717) is 24.0 Å². The molecule has 0 spiro atoms. The van der Waals surface area contributed by atoms with Gasteiger partial charge in [0.05, 0.1) is 17.6 Å². The zero-order valence-corrected chi connectivity index (χ0v) is 13.7. The predicted molar refractivity (Wildman–Crippen MR) is 86.7 cm³/mol. The second kappa shape index (κ2) is 7.84. The van der Waals surface area contributed by atoms with E-state index < -0.39 is 0 Å². The lowest BCUT2D eigenvalue weighted by Gasteiger charge is -2.07. The number of aryl methyl sites for hydroxylation is 1. The van der Waals surface area contributed by atoms with Crippen molar-refractivity contribution < 1.29 is 9.21 Å². The maximum absolute atomic E-state index is 11.7. The van der Waals surface area contributed by atoms with Crippen LogP contribution in [-0.4, -0.2) is 33.0 Å². The van der Waals surface area contributed by atoms with Gasteiger partial charge in [-0.25, -0.2) is 0 Å². The monoisotopic (exact) mass is 320 g/mol. The van der Waals surface area contributed by atoms with E-state index >= 15 is 0 Å². The van der Waals surface area contributed by atoms with Crippen LogP contribution in [0.3, 0.4) is 0 Å². The van der Waals surface area contributed by atoms with Gasteiger partial charge in [-0.2, -0.15) is 0 Å². The molecule has 22 heavy (non-hydrogen) atoms. The quantitative estimate of drug-likeness (QED) is 0.598. The lowest BCUT2D eigenvalue weighted by Crippen LogP contribution is -2.25. The first-order chi connectivity index (χ1) is 10.7. The Morgan fingerprint density at radius 1 is 1.55 bits per heavy atom. The normalized spacial score (nSPS) is 10.6. The Bertz CT molecular complexity index is 648. The summed E-state index contributed by atoms with van der Waals surface area (Å²) in [4.78, 5) is 11.7. The van der Waals surface area contributed by atoms with Crippen LogP contribution in [0.25, 0.3) is 11.4 Å². The van der Waals surface area contributed by atoms with Gasteiger partial charge in [0, 0.05) is 13.1 Å². The molecule has 6 nitrogen and oxygen atoms in total. The lowest BCUT2D eigenvalue weighted by molar-refractivity contribution is -0.118. The van der Waals surface area contributed by atoms with Gasteiger partial charge in [0.1, 0.15) is 5.76 Å². The maximum atomic E-state index is 11.7. The Morgan fingerprint density at radius 3 is 3.00 bits per heavy atom. The van der Waals surface area contributed by atoms with Crippen molar-refractivity contribution >= 4 is 17.7 Å². The molecule has 0 unspecified atom stereocenters. The average molecular weight is 320 g/mol. The smallest absolute Gasteiger partial charge is 0.230 e. The van der Waals surface area contributed by atoms with Crippen LogP contribution in [-0.2, 0) is 11.3 Å². The minimum Gasteiger partial charge on any atom is -0.469 e.